The van der Waals surface area contributed by atoms with Gasteiger partial charge >= 0.3 is 0 Å². The van der Waals surface area contributed by atoms with E-state index in [9.17, 15) is 4.79 Å². The quantitative estimate of drug-likeness (QED) is 0.154. The van der Waals surface area contributed by atoms with E-state index in [2.05, 4.69) is 98.1 Å². The van der Waals surface area contributed by atoms with Gasteiger partial charge in [-0.15, -0.1) is 11.8 Å². The van der Waals surface area contributed by atoms with Crippen LogP contribution in [0.15, 0.2) is 108 Å². The molecule has 5 aromatic rings. The van der Waals surface area contributed by atoms with Crippen LogP contribution in [0, 0.1) is 6.92 Å². The van der Waals surface area contributed by atoms with Gasteiger partial charge in [-0.05, 0) is 61.2 Å². The van der Waals surface area contributed by atoms with Crippen LogP contribution in [0.3, 0.4) is 0 Å². The van der Waals surface area contributed by atoms with E-state index >= 15 is 0 Å². The average Bonchev–Trinajstić information content (AvgIpc) is 3.35. The van der Waals surface area contributed by atoms with Crippen molar-refractivity contribution in [1.82, 2.24) is 9.55 Å². The Balaban J connectivity index is 1.63. The molecule has 0 aliphatic carbocycles. The second-order valence-corrected chi connectivity index (χ2v) is 11.4. The number of aromatic nitrogens is 2. The summed E-state index contributed by atoms with van der Waals surface area (Å²) in [5.74, 6) is 0.874. The smallest absolute Gasteiger partial charge is 0.247 e. The fourth-order valence-electron chi connectivity index (χ4n) is 5.46. The Morgan fingerprint density at radius 3 is 2.32 bits per heavy atom. The Morgan fingerprint density at radius 2 is 1.61 bits per heavy atom. The Labute approximate surface area is 247 Å². The number of fused-ring (bicyclic) bond motifs is 1. The fraction of sp³-hybridized carbons (Fsp3) is 0.257. The zero-order chi connectivity index (χ0) is 28.8. The standard InChI is InChI=1S/C35H37N3O2S/c1-5-27-18-14-15-25(2)33(27)38(26(3)24-40-4)32(39)23-37-31-22-13-12-21-30(31)36-35(37)34(28-16-8-6-9-17-28)41-29-19-10-7-11-20-29/h6-22,26,34H,5,23-24H2,1-4H3. The highest BCUT2D eigenvalue weighted by molar-refractivity contribution is 7.99. The van der Waals surface area contributed by atoms with Gasteiger partial charge in [-0.25, -0.2) is 4.98 Å². The summed E-state index contributed by atoms with van der Waals surface area (Å²) >= 11 is 1.75. The van der Waals surface area contributed by atoms with Crippen molar-refractivity contribution in [2.24, 2.45) is 0 Å². The van der Waals surface area contributed by atoms with Crippen LogP contribution in [0.1, 0.15) is 41.6 Å². The lowest BCUT2D eigenvalue weighted by Crippen LogP contribution is -2.44. The molecule has 1 amide bonds. The fourth-order valence-corrected chi connectivity index (χ4v) is 6.63. The zero-order valence-electron chi connectivity index (χ0n) is 24.2. The molecule has 2 unspecified atom stereocenters. The number of nitrogens with zero attached hydrogens (tertiary/aromatic N) is 3. The SMILES string of the molecule is CCc1cccc(C)c1N(C(=O)Cn1c(C(Sc2ccccc2)c2ccccc2)nc2ccccc21)C(C)COC. The molecule has 1 heterocycles. The van der Waals surface area contributed by atoms with Crippen LogP contribution in [0.2, 0.25) is 0 Å². The van der Waals surface area contributed by atoms with Crippen LogP contribution in [-0.2, 0) is 22.5 Å². The maximum atomic E-state index is 14.5. The maximum absolute atomic E-state index is 14.5. The van der Waals surface area contributed by atoms with Crippen LogP contribution in [-0.4, -0.2) is 35.2 Å². The second kappa shape index (κ2) is 13.2. The maximum Gasteiger partial charge on any atom is 0.247 e. The van der Waals surface area contributed by atoms with Crippen molar-refractivity contribution in [1.29, 1.82) is 0 Å². The number of methoxy groups -OCH3 is 1. The normalized spacial score (nSPS) is 12.8. The summed E-state index contributed by atoms with van der Waals surface area (Å²) in [6, 6.07) is 35.0. The molecule has 210 valence electrons. The number of amides is 1. The Kier molecular flexibility index (Phi) is 9.22. The monoisotopic (exact) mass is 563 g/mol. The lowest BCUT2D eigenvalue weighted by atomic mass is 10.0. The Hall–Kier alpha value is -3.87. The van der Waals surface area contributed by atoms with Crippen LogP contribution >= 0.6 is 11.8 Å². The molecular formula is C35H37N3O2S. The van der Waals surface area contributed by atoms with Crippen molar-refractivity contribution in [3.05, 3.63) is 126 Å². The van der Waals surface area contributed by atoms with Gasteiger partial charge in [0.25, 0.3) is 0 Å². The van der Waals surface area contributed by atoms with E-state index in [0.29, 0.717) is 6.61 Å². The molecule has 6 heteroatoms. The van der Waals surface area contributed by atoms with E-state index in [1.807, 2.05) is 35.2 Å². The van der Waals surface area contributed by atoms with E-state index < -0.39 is 0 Å². The number of hydrogen-bond donors (Lipinski definition) is 0. The molecule has 2 atom stereocenters. The summed E-state index contributed by atoms with van der Waals surface area (Å²) in [5, 5.41) is -0.103. The zero-order valence-corrected chi connectivity index (χ0v) is 25.0. The molecule has 0 N–H and O–H groups in total. The molecular weight excluding hydrogens is 526 g/mol. The number of carbonyl (C=O) groups excluding carboxylic acids is 1. The minimum atomic E-state index is -0.138. The molecule has 0 aliphatic heterocycles. The summed E-state index contributed by atoms with van der Waals surface area (Å²) in [6.45, 7) is 6.87. The third-order valence-electron chi connectivity index (χ3n) is 7.37. The molecule has 1 aromatic heterocycles. The first-order valence-corrected chi connectivity index (χ1v) is 15.0. The van der Waals surface area contributed by atoms with Crippen LogP contribution in [0.5, 0.6) is 0 Å². The van der Waals surface area contributed by atoms with Crippen molar-refractivity contribution in [2.75, 3.05) is 18.6 Å². The Morgan fingerprint density at radius 1 is 0.927 bits per heavy atom. The highest BCUT2D eigenvalue weighted by Crippen LogP contribution is 2.41. The molecule has 41 heavy (non-hydrogen) atoms. The van der Waals surface area contributed by atoms with Gasteiger partial charge in [0.05, 0.1) is 34.6 Å². The van der Waals surface area contributed by atoms with E-state index in [1.54, 1.807) is 18.9 Å². The van der Waals surface area contributed by atoms with Crippen molar-refractivity contribution in [2.45, 2.75) is 49.9 Å². The number of imidazole rings is 1. The molecule has 0 fully saturated rings. The number of hydrogen-bond acceptors (Lipinski definition) is 4. The first-order chi connectivity index (χ1) is 20.0. The van der Waals surface area contributed by atoms with Crippen LogP contribution in [0.25, 0.3) is 11.0 Å². The summed E-state index contributed by atoms with van der Waals surface area (Å²) in [6.07, 6.45) is 0.837. The second-order valence-electron chi connectivity index (χ2n) is 10.3. The third-order valence-corrected chi connectivity index (χ3v) is 8.63. The molecule has 5 rings (SSSR count). The predicted octanol–water partition coefficient (Wildman–Crippen LogP) is 7.86. The molecule has 0 spiro atoms. The molecule has 0 aliphatic rings. The molecule has 0 saturated carbocycles. The van der Waals surface area contributed by atoms with Crippen LogP contribution in [0.4, 0.5) is 5.69 Å². The number of rotatable bonds is 11. The van der Waals surface area contributed by atoms with E-state index in [4.69, 9.17) is 9.72 Å². The summed E-state index contributed by atoms with van der Waals surface area (Å²) < 4.78 is 7.66. The minimum absolute atomic E-state index is 0.0134. The minimum Gasteiger partial charge on any atom is -0.383 e. The molecule has 0 bridgehead atoms. The number of ether oxygens (including phenoxy) is 1. The van der Waals surface area contributed by atoms with Crippen molar-refractivity contribution in [3.8, 4) is 0 Å². The number of anilines is 1. The van der Waals surface area contributed by atoms with Crippen molar-refractivity contribution in [3.63, 3.8) is 0 Å². The molecule has 5 nitrogen and oxygen atoms in total. The van der Waals surface area contributed by atoms with Gasteiger partial charge < -0.3 is 14.2 Å². The first kappa shape index (κ1) is 28.7. The van der Waals surface area contributed by atoms with Crippen molar-refractivity contribution < 1.29 is 9.53 Å². The molecule has 0 saturated heterocycles. The summed E-state index contributed by atoms with van der Waals surface area (Å²) in [7, 11) is 1.68. The van der Waals surface area contributed by atoms with Gasteiger partial charge in [0.1, 0.15) is 12.4 Å². The van der Waals surface area contributed by atoms with Gasteiger partial charge in [-0.2, -0.15) is 0 Å². The lowest BCUT2D eigenvalue weighted by molar-refractivity contribution is -0.119. The third kappa shape index (κ3) is 6.24. The highest BCUT2D eigenvalue weighted by atomic mass is 32.2. The average molecular weight is 564 g/mol. The van der Waals surface area contributed by atoms with Gasteiger partial charge in [0.15, 0.2) is 0 Å². The largest absolute Gasteiger partial charge is 0.383 e. The lowest BCUT2D eigenvalue weighted by Gasteiger charge is -2.32. The topological polar surface area (TPSA) is 47.4 Å². The highest BCUT2D eigenvalue weighted by Gasteiger charge is 2.29. The summed E-state index contributed by atoms with van der Waals surface area (Å²) in [4.78, 5) is 22.7. The van der Waals surface area contributed by atoms with Gasteiger partial charge in [-0.3, -0.25) is 4.79 Å². The van der Waals surface area contributed by atoms with E-state index in [1.165, 1.54) is 0 Å². The van der Waals surface area contributed by atoms with Crippen molar-refractivity contribution >= 4 is 34.4 Å². The number of carbonyl (C=O) groups is 1. The van der Waals surface area contributed by atoms with Gasteiger partial charge in [-0.1, -0.05) is 85.8 Å². The predicted molar refractivity (Wildman–Crippen MR) is 170 cm³/mol. The van der Waals surface area contributed by atoms with Gasteiger partial charge in [0, 0.05) is 12.0 Å². The first-order valence-electron chi connectivity index (χ1n) is 14.1. The molecule has 4 aromatic carbocycles. The number of para-hydroxylation sites is 3. The molecule has 0 radical (unpaired) electrons. The number of aryl methyl sites for hydroxylation is 2. The number of thioether (sulfide) groups is 1. The van der Waals surface area contributed by atoms with E-state index in [-0.39, 0.29) is 23.7 Å². The van der Waals surface area contributed by atoms with Gasteiger partial charge in [0.2, 0.25) is 5.91 Å². The Bertz CT molecular complexity index is 1600. The van der Waals surface area contributed by atoms with E-state index in [0.717, 1.165) is 50.6 Å². The van der Waals surface area contributed by atoms with Crippen LogP contribution < -0.4 is 4.90 Å². The number of benzene rings is 4. The summed E-state index contributed by atoms with van der Waals surface area (Å²) in [5.41, 5.74) is 6.18.